The minimum atomic E-state index is -0.907. The Kier molecular flexibility index (Phi) is 1.98. The molecule has 0 aliphatic heterocycles. The molecule has 40 valence electrons. The fraction of sp³-hybridized carbons (Fsp3) is 0.333. The van der Waals surface area contributed by atoms with Gasteiger partial charge < -0.3 is 0 Å². The van der Waals surface area contributed by atoms with Gasteiger partial charge in [-0.1, -0.05) is 4.48 Å². The molecular formula is C3H4FNO2. The van der Waals surface area contributed by atoms with Crippen molar-refractivity contribution in [2.24, 2.45) is 0 Å². The van der Waals surface area contributed by atoms with Gasteiger partial charge in [0.1, 0.15) is 0 Å². The third kappa shape index (κ3) is 1.86. The van der Waals surface area contributed by atoms with Crippen LogP contribution in [0.3, 0.4) is 0 Å². The normalized spacial score (nSPS) is 7.71. The highest BCUT2D eigenvalue weighted by Gasteiger charge is 2.00. The Morgan fingerprint density at radius 3 is 2.29 bits per heavy atom. The lowest BCUT2D eigenvalue weighted by molar-refractivity contribution is -0.152. The molecule has 0 rings (SSSR count). The Hall–Kier alpha value is -0.930. The summed E-state index contributed by atoms with van der Waals surface area (Å²) in [6.45, 7) is 0.953. The average Bonchev–Trinajstić information content (AvgIpc) is 1.65. The second-order valence-electron chi connectivity index (χ2n) is 0.936. The monoisotopic (exact) mass is 105 g/mol. The van der Waals surface area contributed by atoms with Crippen LogP contribution in [-0.4, -0.2) is 17.4 Å². The van der Waals surface area contributed by atoms with Gasteiger partial charge in [-0.2, -0.15) is 0 Å². The second-order valence-corrected chi connectivity index (χ2v) is 0.936. The summed E-state index contributed by atoms with van der Waals surface area (Å²) in [6.07, 6.45) is -0.192. The zero-order chi connectivity index (χ0) is 5.86. The quantitative estimate of drug-likeness (QED) is 0.344. The highest BCUT2D eigenvalue weighted by molar-refractivity contribution is 5.82. The van der Waals surface area contributed by atoms with Gasteiger partial charge in [-0.15, -0.1) is 5.12 Å². The predicted octanol–water partition coefficient (Wildman–Crippen LogP) is -0.124. The highest BCUT2D eigenvalue weighted by Crippen LogP contribution is 1.79. The number of halogens is 1. The summed E-state index contributed by atoms with van der Waals surface area (Å²) >= 11 is 0. The summed E-state index contributed by atoms with van der Waals surface area (Å²) in [5.41, 5.74) is 0. The number of imide groups is 1. The molecule has 7 heavy (non-hydrogen) atoms. The standard InChI is InChI=1S/C3H4FNO2/c1-3(7)5(4)2-6/h2H,1H3. The maximum absolute atomic E-state index is 11.4. The van der Waals surface area contributed by atoms with E-state index >= 15 is 0 Å². The largest absolute Gasteiger partial charge is 0.276 e. The van der Waals surface area contributed by atoms with Crippen LogP contribution in [-0.2, 0) is 9.59 Å². The molecule has 0 N–H and O–H groups in total. The maximum Gasteiger partial charge on any atom is 0.254 e. The molecule has 0 saturated heterocycles. The van der Waals surface area contributed by atoms with Gasteiger partial charge in [0, 0.05) is 6.92 Å². The van der Waals surface area contributed by atoms with Gasteiger partial charge in [0.15, 0.2) is 0 Å². The molecule has 3 nitrogen and oxygen atoms in total. The molecule has 0 heterocycles. The zero-order valence-electron chi connectivity index (χ0n) is 3.72. The van der Waals surface area contributed by atoms with E-state index in [9.17, 15) is 14.1 Å². The lowest BCUT2D eigenvalue weighted by Crippen LogP contribution is -2.16. The third-order valence-corrected chi connectivity index (χ3v) is 0.393. The van der Waals surface area contributed by atoms with Gasteiger partial charge in [0.25, 0.3) is 5.91 Å². The van der Waals surface area contributed by atoms with E-state index in [1.165, 1.54) is 0 Å². The number of hydrogen-bond acceptors (Lipinski definition) is 2. The summed E-state index contributed by atoms with van der Waals surface area (Å²) < 4.78 is 11.4. The van der Waals surface area contributed by atoms with Crippen LogP contribution in [0, 0.1) is 0 Å². The average molecular weight is 105 g/mol. The van der Waals surface area contributed by atoms with Crippen LogP contribution in [0.5, 0.6) is 0 Å². The first-order chi connectivity index (χ1) is 3.18. The minimum Gasteiger partial charge on any atom is -0.276 e. The molecule has 0 saturated carbocycles. The molecule has 0 unspecified atom stereocenters. The van der Waals surface area contributed by atoms with Crippen molar-refractivity contribution in [1.29, 1.82) is 0 Å². The fourth-order valence-corrected chi connectivity index (χ4v) is 0.0742. The van der Waals surface area contributed by atoms with Crippen LogP contribution in [0.15, 0.2) is 0 Å². The van der Waals surface area contributed by atoms with E-state index in [0.717, 1.165) is 6.92 Å². The molecule has 0 radical (unpaired) electrons. The number of rotatable bonds is 1. The lowest BCUT2D eigenvalue weighted by atomic mass is 10.7. The molecule has 0 aliphatic carbocycles. The van der Waals surface area contributed by atoms with Crippen LogP contribution >= 0.6 is 0 Å². The van der Waals surface area contributed by atoms with Crippen molar-refractivity contribution in [2.45, 2.75) is 6.92 Å². The number of carbonyl (C=O) groups is 2. The Morgan fingerprint density at radius 1 is 1.86 bits per heavy atom. The molecule has 4 heteroatoms. The fourth-order valence-electron chi connectivity index (χ4n) is 0.0742. The molecule has 0 aromatic rings. The zero-order valence-corrected chi connectivity index (χ0v) is 3.72. The Balaban J connectivity index is 3.55. The Bertz CT molecular complexity index is 92.9. The van der Waals surface area contributed by atoms with Crippen molar-refractivity contribution in [3.63, 3.8) is 0 Å². The third-order valence-electron chi connectivity index (χ3n) is 0.393. The minimum absolute atomic E-state index is 0.192. The summed E-state index contributed by atoms with van der Waals surface area (Å²) in [6, 6.07) is 0. The van der Waals surface area contributed by atoms with Crippen LogP contribution in [0.1, 0.15) is 6.92 Å². The molecule has 0 aromatic heterocycles. The summed E-state index contributed by atoms with van der Waals surface area (Å²) in [4.78, 5) is 19.0. The molecule has 0 bridgehead atoms. The van der Waals surface area contributed by atoms with E-state index in [1.807, 2.05) is 0 Å². The molecule has 0 aliphatic rings. The molecule has 0 aromatic carbocycles. The summed E-state index contributed by atoms with van der Waals surface area (Å²) in [7, 11) is 0. The van der Waals surface area contributed by atoms with Gasteiger partial charge >= 0.3 is 0 Å². The predicted molar refractivity (Wildman–Crippen MR) is 19.7 cm³/mol. The molecule has 2 amide bonds. The first-order valence-corrected chi connectivity index (χ1v) is 1.59. The van der Waals surface area contributed by atoms with E-state index in [4.69, 9.17) is 0 Å². The SMILES string of the molecule is CC(=O)N(F)C=O. The smallest absolute Gasteiger partial charge is 0.254 e. The summed E-state index contributed by atoms with van der Waals surface area (Å²) in [5, 5.41) is -0.528. The van der Waals surface area contributed by atoms with Gasteiger partial charge in [0.2, 0.25) is 6.41 Å². The van der Waals surface area contributed by atoms with Gasteiger partial charge in [0.05, 0.1) is 0 Å². The van der Waals surface area contributed by atoms with Gasteiger partial charge in [-0.3, -0.25) is 9.59 Å². The van der Waals surface area contributed by atoms with E-state index in [0.29, 0.717) is 0 Å². The van der Waals surface area contributed by atoms with Crippen molar-refractivity contribution in [3.05, 3.63) is 0 Å². The van der Waals surface area contributed by atoms with Gasteiger partial charge in [-0.25, -0.2) is 0 Å². The Labute approximate surface area is 39.7 Å². The van der Waals surface area contributed by atoms with Crippen molar-refractivity contribution in [1.82, 2.24) is 5.12 Å². The molecular weight excluding hydrogens is 101 g/mol. The molecule has 0 fully saturated rings. The van der Waals surface area contributed by atoms with E-state index in [2.05, 4.69) is 0 Å². The van der Waals surface area contributed by atoms with Crippen LogP contribution in [0.2, 0.25) is 0 Å². The Morgan fingerprint density at radius 2 is 2.29 bits per heavy atom. The van der Waals surface area contributed by atoms with Crippen molar-refractivity contribution in [2.75, 3.05) is 0 Å². The number of hydrogen-bond donors (Lipinski definition) is 0. The van der Waals surface area contributed by atoms with E-state index in [-0.39, 0.29) is 6.41 Å². The lowest BCUT2D eigenvalue weighted by Gasteiger charge is -1.93. The van der Waals surface area contributed by atoms with Gasteiger partial charge in [-0.05, 0) is 0 Å². The van der Waals surface area contributed by atoms with Crippen LogP contribution in [0.25, 0.3) is 0 Å². The topological polar surface area (TPSA) is 37.4 Å². The van der Waals surface area contributed by atoms with E-state index < -0.39 is 11.0 Å². The molecule has 0 spiro atoms. The first-order valence-electron chi connectivity index (χ1n) is 1.59. The molecule has 0 atom stereocenters. The van der Waals surface area contributed by atoms with Crippen molar-refractivity contribution < 1.29 is 14.1 Å². The van der Waals surface area contributed by atoms with Crippen molar-refractivity contribution in [3.8, 4) is 0 Å². The van der Waals surface area contributed by atoms with Crippen LogP contribution < -0.4 is 0 Å². The highest BCUT2D eigenvalue weighted by atomic mass is 19.2. The van der Waals surface area contributed by atoms with Crippen LogP contribution in [0.4, 0.5) is 4.48 Å². The number of nitrogens with zero attached hydrogens (tertiary/aromatic N) is 1. The van der Waals surface area contributed by atoms with Crippen molar-refractivity contribution >= 4 is 12.3 Å². The summed E-state index contributed by atoms with van der Waals surface area (Å²) in [5.74, 6) is -0.907. The van der Waals surface area contributed by atoms with E-state index in [1.54, 1.807) is 0 Å². The first kappa shape index (κ1) is 6.07. The number of amides is 2. The second kappa shape index (κ2) is 2.28. The maximum atomic E-state index is 11.4. The number of carbonyl (C=O) groups excluding carboxylic acids is 2.